The zero-order valence-electron chi connectivity index (χ0n) is 23.5. The molecule has 0 aliphatic heterocycles. The maximum absolute atomic E-state index is 15.1. The number of ether oxygens (including phenoxy) is 2. The van der Waals surface area contributed by atoms with Crippen LogP contribution < -0.4 is 4.74 Å². The molecule has 0 unspecified atom stereocenters. The molecule has 0 aliphatic rings. The minimum atomic E-state index is -0.994. The van der Waals surface area contributed by atoms with Crippen LogP contribution in [0.25, 0.3) is 0 Å². The van der Waals surface area contributed by atoms with Gasteiger partial charge in [0, 0.05) is 36.2 Å². The van der Waals surface area contributed by atoms with Crippen molar-refractivity contribution < 1.29 is 33.7 Å². The Labute approximate surface area is 255 Å². The first-order chi connectivity index (χ1) is 20.8. The fourth-order valence-corrected chi connectivity index (χ4v) is 4.68. The van der Waals surface area contributed by atoms with Crippen LogP contribution in [0.4, 0.5) is 4.39 Å². The highest BCUT2D eigenvalue weighted by Gasteiger charge is 2.19. The summed E-state index contributed by atoms with van der Waals surface area (Å²) in [6.07, 6.45) is 0.848. The number of carboxylic acids is 2. The number of aliphatic carboxylic acids is 1. The molecule has 0 heterocycles. The lowest BCUT2D eigenvalue weighted by molar-refractivity contribution is -0.137. The summed E-state index contributed by atoms with van der Waals surface area (Å²) < 4.78 is 27.2. The van der Waals surface area contributed by atoms with Gasteiger partial charge in [-0.1, -0.05) is 60.1 Å². The number of halogens is 2. The average molecular weight is 606 g/mol. The lowest BCUT2D eigenvalue weighted by atomic mass is 10.1. The summed E-state index contributed by atoms with van der Waals surface area (Å²) >= 11 is 5.92. The van der Waals surface area contributed by atoms with Gasteiger partial charge in [0.25, 0.3) is 0 Å². The van der Waals surface area contributed by atoms with Crippen molar-refractivity contribution in [1.82, 2.24) is 4.90 Å². The fourth-order valence-electron chi connectivity index (χ4n) is 4.55. The van der Waals surface area contributed by atoms with E-state index in [2.05, 4.69) is 4.90 Å². The van der Waals surface area contributed by atoms with Crippen LogP contribution in [0.1, 0.15) is 52.4 Å². The molecule has 2 N–H and O–H groups in total. The Kier molecular flexibility index (Phi) is 11.7. The molecule has 7 nitrogen and oxygen atoms in total. The minimum Gasteiger partial charge on any atom is -0.481 e. The number of aromatic carboxylic acids is 1. The molecule has 0 aromatic heterocycles. The van der Waals surface area contributed by atoms with Crippen molar-refractivity contribution in [1.29, 1.82) is 0 Å². The summed E-state index contributed by atoms with van der Waals surface area (Å²) in [5, 5.41) is 18.9. The Morgan fingerprint density at radius 1 is 0.860 bits per heavy atom. The van der Waals surface area contributed by atoms with E-state index in [1.54, 1.807) is 60.7 Å². The lowest BCUT2D eigenvalue weighted by Crippen LogP contribution is -2.30. The van der Waals surface area contributed by atoms with Crippen LogP contribution >= 0.6 is 11.6 Å². The number of carboxylic acid groups (broad SMARTS) is 2. The molecule has 43 heavy (non-hydrogen) atoms. The molecule has 0 fully saturated rings. The highest BCUT2D eigenvalue weighted by atomic mass is 35.5. The van der Waals surface area contributed by atoms with Gasteiger partial charge in [0.1, 0.15) is 17.3 Å². The van der Waals surface area contributed by atoms with Gasteiger partial charge in [-0.25, -0.2) is 9.18 Å². The zero-order chi connectivity index (χ0) is 30.6. The van der Waals surface area contributed by atoms with Gasteiger partial charge in [-0.15, -0.1) is 0 Å². The number of rotatable bonds is 16. The highest BCUT2D eigenvalue weighted by molar-refractivity contribution is 6.30. The van der Waals surface area contributed by atoms with Crippen LogP contribution in [0.2, 0.25) is 5.02 Å². The van der Waals surface area contributed by atoms with E-state index in [0.717, 1.165) is 11.1 Å². The Balaban J connectivity index is 1.47. The van der Waals surface area contributed by atoms with Gasteiger partial charge in [0.15, 0.2) is 0 Å². The van der Waals surface area contributed by atoms with Crippen molar-refractivity contribution in [2.75, 3.05) is 13.1 Å². The molecule has 1 atom stereocenters. The summed E-state index contributed by atoms with van der Waals surface area (Å²) in [4.78, 5) is 24.5. The molecule has 0 radical (unpaired) electrons. The molecular formula is C34H33ClFNO6. The summed E-state index contributed by atoms with van der Waals surface area (Å²) in [5.41, 5.74) is 2.41. The molecule has 0 aliphatic carbocycles. The van der Waals surface area contributed by atoms with Gasteiger partial charge in [-0.3, -0.25) is 9.69 Å². The van der Waals surface area contributed by atoms with Crippen molar-refractivity contribution in [3.05, 3.63) is 130 Å². The first-order valence-corrected chi connectivity index (χ1v) is 14.3. The molecule has 0 amide bonds. The first kappa shape index (κ1) is 31.7. The lowest BCUT2D eigenvalue weighted by Gasteiger charge is -2.28. The maximum Gasteiger partial charge on any atom is 0.335 e. The predicted octanol–water partition coefficient (Wildman–Crippen LogP) is 7.98. The Morgan fingerprint density at radius 3 is 2.21 bits per heavy atom. The van der Waals surface area contributed by atoms with Gasteiger partial charge >= 0.3 is 11.9 Å². The van der Waals surface area contributed by atoms with E-state index in [-0.39, 0.29) is 18.6 Å². The van der Waals surface area contributed by atoms with Gasteiger partial charge < -0.3 is 19.7 Å². The molecular weight excluding hydrogens is 573 g/mol. The van der Waals surface area contributed by atoms with Crippen LogP contribution in [0.15, 0.2) is 97.1 Å². The monoisotopic (exact) mass is 605 g/mol. The van der Waals surface area contributed by atoms with Crippen molar-refractivity contribution in [2.24, 2.45) is 0 Å². The van der Waals surface area contributed by atoms with Gasteiger partial charge in [-0.05, 0) is 73.0 Å². The smallest absolute Gasteiger partial charge is 0.335 e. The predicted molar refractivity (Wildman–Crippen MR) is 162 cm³/mol. The van der Waals surface area contributed by atoms with Gasteiger partial charge in [0.2, 0.25) is 0 Å². The van der Waals surface area contributed by atoms with E-state index < -0.39 is 23.9 Å². The van der Waals surface area contributed by atoms with Crippen LogP contribution in [0.5, 0.6) is 11.5 Å². The minimum absolute atomic E-state index is 0.0206. The largest absolute Gasteiger partial charge is 0.481 e. The zero-order valence-corrected chi connectivity index (χ0v) is 24.3. The second-order valence-corrected chi connectivity index (χ2v) is 10.5. The topological polar surface area (TPSA) is 96.3 Å². The number of hydrogen-bond donors (Lipinski definition) is 2. The Morgan fingerprint density at radius 2 is 1.56 bits per heavy atom. The summed E-state index contributed by atoms with van der Waals surface area (Å²) in [6, 6.07) is 27.8. The number of nitrogens with zero attached hydrogens (tertiary/aromatic N) is 1. The molecule has 0 spiro atoms. The van der Waals surface area contributed by atoms with Crippen molar-refractivity contribution in [3.8, 4) is 11.5 Å². The third-order valence-electron chi connectivity index (χ3n) is 6.83. The van der Waals surface area contributed by atoms with Crippen molar-refractivity contribution >= 4 is 23.5 Å². The summed E-state index contributed by atoms with van der Waals surface area (Å²) in [6.45, 7) is 1.58. The van der Waals surface area contributed by atoms with Crippen LogP contribution in [-0.2, 0) is 22.7 Å². The molecule has 0 saturated heterocycles. The molecule has 4 rings (SSSR count). The van der Waals surface area contributed by atoms with E-state index in [4.69, 9.17) is 26.2 Å². The van der Waals surface area contributed by atoms with E-state index in [1.807, 2.05) is 30.3 Å². The van der Waals surface area contributed by atoms with E-state index in [9.17, 15) is 14.7 Å². The van der Waals surface area contributed by atoms with Gasteiger partial charge in [-0.2, -0.15) is 0 Å². The van der Waals surface area contributed by atoms with Crippen molar-refractivity contribution in [2.45, 2.75) is 38.5 Å². The van der Waals surface area contributed by atoms with E-state index in [1.165, 1.54) is 6.07 Å². The normalized spacial score (nSPS) is 11.8. The SMILES string of the molecule is O=C(O)CCCCN(Cc1ccc(C(=O)O)cc1)C[C@H](OCc1ccc(Oc2ccc(Cl)cc2)cc1F)c1ccccc1. The van der Waals surface area contributed by atoms with Gasteiger partial charge in [0.05, 0.1) is 18.3 Å². The summed E-state index contributed by atoms with van der Waals surface area (Å²) in [5.74, 6) is -1.40. The van der Waals surface area contributed by atoms with E-state index in [0.29, 0.717) is 54.6 Å². The molecule has 4 aromatic rings. The van der Waals surface area contributed by atoms with Crippen molar-refractivity contribution in [3.63, 3.8) is 0 Å². The Hall–Kier alpha value is -4.24. The fraction of sp³-hybridized carbons (Fsp3) is 0.235. The number of carbonyl (C=O) groups is 2. The number of unbranched alkanes of at least 4 members (excludes halogenated alkanes) is 1. The maximum atomic E-state index is 15.1. The Bertz CT molecular complexity index is 1480. The molecule has 9 heteroatoms. The second kappa shape index (κ2) is 15.8. The average Bonchev–Trinajstić information content (AvgIpc) is 3.00. The number of benzene rings is 4. The first-order valence-electron chi connectivity index (χ1n) is 13.9. The summed E-state index contributed by atoms with van der Waals surface area (Å²) in [7, 11) is 0. The quantitative estimate of drug-likeness (QED) is 0.125. The molecule has 0 saturated carbocycles. The van der Waals surface area contributed by atoms with Crippen LogP contribution in [0.3, 0.4) is 0 Å². The van der Waals surface area contributed by atoms with Crippen LogP contribution in [0, 0.1) is 5.82 Å². The molecule has 224 valence electrons. The third-order valence-corrected chi connectivity index (χ3v) is 7.08. The van der Waals surface area contributed by atoms with Crippen LogP contribution in [-0.4, -0.2) is 40.1 Å². The van der Waals surface area contributed by atoms with E-state index >= 15 is 4.39 Å². The standard InChI is InChI=1S/C34H33ClFNO6/c35-28-14-17-29(18-15-28)43-30-16-13-27(31(36)20-30)23-42-32(25-6-2-1-3-7-25)22-37(19-5-4-8-33(38)39)21-24-9-11-26(12-10-24)34(40)41/h1-3,6-7,9-18,20,32H,4-5,8,19,21-23H2,(H,38,39)(H,40,41)/t32-/m0/s1. The third kappa shape index (κ3) is 10.2. The highest BCUT2D eigenvalue weighted by Crippen LogP contribution is 2.27. The second-order valence-electron chi connectivity index (χ2n) is 10.1. The molecule has 4 aromatic carbocycles. The number of hydrogen-bond acceptors (Lipinski definition) is 5. The molecule has 0 bridgehead atoms.